The minimum Gasteiger partial charge on any atom is -0.493 e. The zero-order valence-electron chi connectivity index (χ0n) is 19.3. The van der Waals surface area contributed by atoms with Crippen molar-refractivity contribution >= 4 is 11.8 Å². The van der Waals surface area contributed by atoms with Gasteiger partial charge in [0.25, 0.3) is 5.91 Å². The Morgan fingerprint density at radius 2 is 1.55 bits per heavy atom. The van der Waals surface area contributed by atoms with Gasteiger partial charge >= 0.3 is 0 Å². The lowest BCUT2D eigenvalue weighted by Gasteiger charge is -2.34. The first kappa shape index (κ1) is 24.2. The molecule has 9 heteroatoms. The topological polar surface area (TPSA) is 89.6 Å². The van der Waals surface area contributed by atoms with Crippen molar-refractivity contribution in [1.29, 1.82) is 0 Å². The van der Waals surface area contributed by atoms with Gasteiger partial charge in [0.05, 0.1) is 27.9 Å². The van der Waals surface area contributed by atoms with Crippen LogP contribution in [0.2, 0.25) is 0 Å². The highest BCUT2D eigenvalue weighted by Gasteiger charge is 2.22. The van der Waals surface area contributed by atoms with Gasteiger partial charge in [-0.05, 0) is 24.3 Å². The summed E-state index contributed by atoms with van der Waals surface area (Å²) in [6.07, 6.45) is 0. The highest BCUT2D eigenvalue weighted by Crippen LogP contribution is 2.38. The first-order chi connectivity index (χ1) is 16.0. The molecule has 0 radical (unpaired) electrons. The lowest BCUT2D eigenvalue weighted by molar-refractivity contribution is -0.131. The molecule has 0 saturated carbocycles. The summed E-state index contributed by atoms with van der Waals surface area (Å²) in [5.74, 6) is 1.51. The molecule has 2 aromatic rings. The third kappa shape index (κ3) is 6.52. The number of benzene rings is 2. The van der Waals surface area contributed by atoms with Gasteiger partial charge in [-0.1, -0.05) is 18.2 Å². The Hall–Kier alpha value is -3.46. The van der Waals surface area contributed by atoms with E-state index in [0.29, 0.717) is 42.5 Å². The second-order valence-electron chi connectivity index (χ2n) is 7.48. The van der Waals surface area contributed by atoms with Gasteiger partial charge in [0.15, 0.2) is 11.5 Å². The average Bonchev–Trinajstić information content (AvgIpc) is 2.87. The average molecular weight is 458 g/mol. The third-order valence-electron chi connectivity index (χ3n) is 5.47. The van der Waals surface area contributed by atoms with Crippen LogP contribution < -0.4 is 24.3 Å². The van der Waals surface area contributed by atoms with Gasteiger partial charge in [-0.15, -0.1) is 0 Å². The molecule has 0 unspecified atom stereocenters. The molecule has 1 aliphatic rings. The van der Waals surface area contributed by atoms with Crippen LogP contribution in [0.3, 0.4) is 0 Å². The van der Waals surface area contributed by atoms with Crippen molar-refractivity contribution in [1.82, 2.24) is 15.1 Å². The Bertz CT molecular complexity index is 904. The summed E-state index contributed by atoms with van der Waals surface area (Å²) in [6.45, 7) is 4.09. The smallest absolute Gasteiger partial charge is 0.251 e. The molecule has 1 fully saturated rings. The fraction of sp³-hybridized carbons (Fsp3) is 0.417. The predicted octanol–water partition coefficient (Wildman–Crippen LogP) is 1.67. The molecule has 1 aliphatic heterocycles. The van der Waals surface area contributed by atoms with Crippen molar-refractivity contribution in [2.45, 2.75) is 0 Å². The predicted molar refractivity (Wildman–Crippen MR) is 123 cm³/mol. The number of ether oxygens (including phenoxy) is 4. The van der Waals surface area contributed by atoms with Gasteiger partial charge in [0.1, 0.15) is 12.4 Å². The molecule has 1 heterocycles. The monoisotopic (exact) mass is 457 g/mol. The van der Waals surface area contributed by atoms with E-state index in [1.807, 2.05) is 30.3 Å². The van der Waals surface area contributed by atoms with Crippen LogP contribution >= 0.6 is 0 Å². The molecule has 33 heavy (non-hydrogen) atoms. The molecule has 0 aromatic heterocycles. The maximum atomic E-state index is 12.6. The van der Waals surface area contributed by atoms with Crippen LogP contribution in [0, 0.1) is 0 Å². The molecular weight excluding hydrogens is 426 g/mol. The second kappa shape index (κ2) is 12.0. The molecular formula is C24H31N3O6. The Labute approximate surface area is 194 Å². The summed E-state index contributed by atoms with van der Waals surface area (Å²) in [4.78, 5) is 29.2. The standard InChI is InChI=1S/C24H31N3O6/c1-30-20-15-18(16-21(31-2)23(20)32-3)24(29)25-17-22(28)27-11-9-26(10-12-27)13-14-33-19-7-5-4-6-8-19/h4-8,15-16H,9-14,17H2,1-3H3,(H,25,29). The molecule has 0 bridgehead atoms. The zero-order valence-corrected chi connectivity index (χ0v) is 19.3. The molecule has 9 nitrogen and oxygen atoms in total. The van der Waals surface area contributed by atoms with E-state index in [4.69, 9.17) is 18.9 Å². The number of nitrogens with zero attached hydrogens (tertiary/aromatic N) is 2. The summed E-state index contributed by atoms with van der Waals surface area (Å²) >= 11 is 0. The van der Waals surface area contributed by atoms with E-state index in [9.17, 15) is 9.59 Å². The summed E-state index contributed by atoms with van der Waals surface area (Å²) in [7, 11) is 4.46. The summed E-state index contributed by atoms with van der Waals surface area (Å²) in [5.41, 5.74) is 0.320. The molecule has 0 spiro atoms. The van der Waals surface area contributed by atoms with Crippen LogP contribution in [-0.2, 0) is 4.79 Å². The molecule has 178 valence electrons. The lowest BCUT2D eigenvalue weighted by Crippen LogP contribution is -2.51. The molecule has 0 aliphatic carbocycles. The van der Waals surface area contributed by atoms with Gasteiger partial charge in [-0.3, -0.25) is 14.5 Å². The van der Waals surface area contributed by atoms with Crippen molar-refractivity contribution in [3.05, 3.63) is 48.0 Å². The fourth-order valence-corrected chi connectivity index (χ4v) is 3.61. The second-order valence-corrected chi connectivity index (χ2v) is 7.48. The molecule has 1 N–H and O–H groups in total. The SMILES string of the molecule is COc1cc(C(=O)NCC(=O)N2CCN(CCOc3ccccc3)CC2)cc(OC)c1OC. The highest BCUT2D eigenvalue weighted by atomic mass is 16.5. The zero-order chi connectivity index (χ0) is 23.6. The van der Waals surface area contributed by atoms with E-state index in [2.05, 4.69) is 10.2 Å². The summed E-state index contributed by atoms with van der Waals surface area (Å²) in [5, 5.41) is 2.68. The molecule has 2 aromatic carbocycles. The normalized spacial score (nSPS) is 13.8. The van der Waals surface area contributed by atoms with Crippen molar-refractivity contribution in [2.24, 2.45) is 0 Å². The van der Waals surface area contributed by atoms with Gasteiger partial charge in [0.2, 0.25) is 11.7 Å². The summed E-state index contributed by atoms with van der Waals surface area (Å²) < 4.78 is 21.6. The van der Waals surface area contributed by atoms with E-state index < -0.39 is 0 Å². The van der Waals surface area contributed by atoms with Crippen molar-refractivity contribution < 1.29 is 28.5 Å². The quantitative estimate of drug-likeness (QED) is 0.580. The van der Waals surface area contributed by atoms with Gasteiger partial charge in [-0.2, -0.15) is 0 Å². The van der Waals surface area contributed by atoms with E-state index in [1.165, 1.54) is 21.3 Å². The van der Waals surface area contributed by atoms with Crippen molar-refractivity contribution in [3.8, 4) is 23.0 Å². The molecule has 3 rings (SSSR count). The van der Waals surface area contributed by atoms with E-state index in [0.717, 1.165) is 25.4 Å². The lowest BCUT2D eigenvalue weighted by atomic mass is 10.1. The van der Waals surface area contributed by atoms with E-state index in [1.54, 1.807) is 17.0 Å². The van der Waals surface area contributed by atoms with E-state index in [-0.39, 0.29) is 18.4 Å². The molecule has 0 atom stereocenters. The van der Waals surface area contributed by atoms with Crippen LogP contribution in [0.1, 0.15) is 10.4 Å². The van der Waals surface area contributed by atoms with Crippen LogP contribution in [0.15, 0.2) is 42.5 Å². The first-order valence-electron chi connectivity index (χ1n) is 10.8. The maximum absolute atomic E-state index is 12.6. The van der Waals surface area contributed by atoms with Gasteiger partial charge in [-0.25, -0.2) is 0 Å². The number of carbonyl (C=O) groups excluding carboxylic acids is 2. The van der Waals surface area contributed by atoms with Gasteiger partial charge in [0, 0.05) is 38.3 Å². The number of hydrogen-bond donors (Lipinski definition) is 1. The Balaban J connectivity index is 1.43. The number of hydrogen-bond acceptors (Lipinski definition) is 7. The number of piperazine rings is 1. The molecule has 1 saturated heterocycles. The largest absolute Gasteiger partial charge is 0.493 e. The minimum absolute atomic E-state index is 0.0768. The Kier molecular flexibility index (Phi) is 8.77. The van der Waals surface area contributed by atoms with Crippen LogP contribution in [0.5, 0.6) is 23.0 Å². The molecule has 2 amide bonds. The van der Waals surface area contributed by atoms with Crippen molar-refractivity contribution in [2.75, 3.05) is 67.2 Å². The number of methoxy groups -OCH3 is 3. The summed E-state index contributed by atoms with van der Waals surface area (Å²) in [6, 6.07) is 12.8. The van der Waals surface area contributed by atoms with Crippen LogP contribution in [-0.4, -0.2) is 88.8 Å². The third-order valence-corrected chi connectivity index (χ3v) is 5.47. The highest BCUT2D eigenvalue weighted by molar-refractivity contribution is 5.97. The Morgan fingerprint density at radius 1 is 0.909 bits per heavy atom. The fourth-order valence-electron chi connectivity index (χ4n) is 3.61. The van der Waals surface area contributed by atoms with Gasteiger partial charge < -0.3 is 29.2 Å². The van der Waals surface area contributed by atoms with E-state index >= 15 is 0 Å². The first-order valence-corrected chi connectivity index (χ1v) is 10.8. The van der Waals surface area contributed by atoms with Crippen LogP contribution in [0.25, 0.3) is 0 Å². The van der Waals surface area contributed by atoms with Crippen LogP contribution in [0.4, 0.5) is 0 Å². The number of carbonyl (C=O) groups is 2. The number of rotatable bonds is 10. The maximum Gasteiger partial charge on any atom is 0.251 e. The minimum atomic E-state index is -0.390. The number of amides is 2. The van der Waals surface area contributed by atoms with Crippen molar-refractivity contribution in [3.63, 3.8) is 0 Å². The number of nitrogens with one attached hydrogen (secondary N) is 1. The number of para-hydroxylation sites is 1. The Morgan fingerprint density at radius 3 is 2.12 bits per heavy atom.